The Balaban J connectivity index is 1.84. The molecular formula is C24H23ClFN3O2. The van der Waals surface area contributed by atoms with Crippen molar-refractivity contribution in [2.75, 3.05) is 0 Å². The zero-order valence-electron chi connectivity index (χ0n) is 17.6. The highest BCUT2D eigenvalue weighted by molar-refractivity contribution is 6.31. The van der Waals surface area contributed by atoms with Gasteiger partial charge in [0.15, 0.2) is 0 Å². The second kappa shape index (κ2) is 7.31. The molecule has 2 aromatic rings. The fourth-order valence-corrected chi connectivity index (χ4v) is 4.44. The van der Waals surface area contributed by atoms with Gasteiger partial charge in [0, 0.05) is 28.9 Å². The van der Waals surface area contributed by atoms with Gasteiger partial charge in [-0.15, -0.1) is 0 Å². The maximum atomic E-state index is 13.6. The molecule has 0 aromatic heterocycles. The molecule has 1 saturated heterocycles. The van der Waals surface area contributed by atoms with Gasteiger partial charge in [0.25, 0.3) is 5.91 Å². The first-order valence-corrected chi connectivity index (χ1v) is 10.3. The first kappa shape index (κ1) is 21.2. The maximum Gasteiger partial charge on any atom is 0.251 e. The van der Waals surface area contributed by atoms with Gasteiger partial charge in [-0.3, -0.25) is 14.6 Å². The molecule has 0 radical (unpaired) electrons. The Hall–Kier alpha value is -2.99. The Morgan fingerprint density at radius 1 is 1.26 bits per heavy atom. The van der Waals surface area contributed by atoms with Crippen LogP contribution in [-0.2, 0) is 21.5 Å². The molecule has 160 valence electrons. The number of hydrogen-bond donors (Lipinski definition) is 1. The molecular weight excluding hydrogens is 417 g/mol. The predicted octanol–water partition coefficient (Wildman–Crippen LogP) is 4.31. The Morgan fingerprint density at radius 3 is 2.58 bits per heavy atom. The average Bonchev–Trinajstić information content (AvgIpc) is 3.14. The molecule has 2 heterocycles. The molecule has 2 amide bonds. The fourth-order valence-electron chi connectivity index (χ4n) is 4.27. The second-order valence-electron chi connectivity index (χ2n) is 8.97. The summed E-state index contributed by atoms with van der Waals surface area (Å²) < 4.78 is 13.4. The SMILES string of the molecule is C=C1C(=O)N(Cc2ccc(F)cc2)C(C(=O)NC(C)(C)C)C12C=Nc1cc(Cl)ccc12. The van der Waals surface area contributed by atoms with Crippen LogP contribution in [0.1, 0.15) is 31.9 Å². The van der Waals surface area contributed by atoms with E-state index in [1.165, 1.54) is 17.0 Å². The molecule has 4 rings (SSSR count). The number of amides is 2. The Kier molecular flexibility index (Phi) is 5.01. The number of fused-ring (bicyclic) bond motifs is 2. The first-order valence-electron chi connectivity index (χ1n) is 9.95. The zero-order chi connectivity index (χ0) is 22.6. The smallest absolute Gasteiger partial charge is 0.251 e. The van der Waals surface area contributed by atoms with Crippen molar-refractivity contribution in [1.82, 2.24) is 10.2 Å². The average molecular weight is 440 g/mol. The van der Waals surface area contributed by atoms with E-state index in [2.05, 4.69) is 16.9 Å². The number of halogens is 2. The van der Waals surface area contributed by atoms with Crippen molar-refractivity contribution in [3.05, 3.63) is 76.6 Å². The predicted molar refractivity (Wildman–Crippen MR) is 119 cm³/mol. The molecule has 2 aliphatic rings. The quantitative estimate of drug-likeness (QED) is 0.724. The molecule has 2 aromatic carbocycles. The zero-order valence-corrected chi connectivity index (χ0v) is 18.3. The summed E-state index contributed by atoms with van der Waals surface area (Å²) in [5, 5.41) is 3.51. The summed E-state index contributed by atoms with van der Waals surface area (Å²) in [4.78, 5) is 32.9. The van der Waals surface area contributed by atoms with E-state index in [4.69, 9.17) is 11.6 Å². The minimum absolute atomic E-state index is 0.138. The monoisotopic (exact) mass is 439 g/mol. The van der Waals surface area contributed by atoms with E-state index in [0.717, 1.165) is 0 Å². The van der Waals surface area contributed by atoms with E-state index in [9.17, 15) is 14.0 Å². The van der Waals surface area contributed by atoms with E-state index in [1.807, 2.05) is 20.8 Å². The van der Waals surface area contributed by atoms with Crippen LogP contribution in [0.2, 0.25) is 5.02 Å². The second-order valence-corrected chi connectivity index (χ2v) is 9.40. The number of nitrogens with one attached hydrogen (secondary N) is 1. The van der Waals surface area contributed by atoms with E-state index < -0.39 is 17.0 Å². The van der Waals surface area contributed by atoms with Crippen molar-refractivity contribution in [2.24, 2.45) is 4.99 Å². The van der Waals surface area contributed by atoms with Crippen LogP contribution in [0.3, 0.4) is 0 Å². The van der Waals surface area contributed by atoms with Crippen LogP contribution in [0.25, 0.3) is 0 Å². The molecule has 1 N–H and O–H groups in total. The largest absolute Gasteiger partial charge is 0.350 e. The lowest BCUT2D eigenvalue weighted by Gasteiger charge is -2.35. The van der Waals surface area contributed by atoms with Gasteiger partial charge in [-0.25, -0.2) is 4.39 Å². The number of benzene rings is 2. The molecule has 1 fully saturated rings. The van der Waals surface area contributed by atoms with Gasteiger partial charge in [0.1, 0.15) is 11.9 Å². The van der Waals surface area contributed by atoms with Gasteiger partial charge in [-0.05, 0) is 56.2 Å². The van der Waals surface area contributed by atoms with Crippen LogP contribution in [-0.4, -0.2) is 34.5 Å². The molecule has 2 atom stereocenters. The van der Waals surface area contributed by atoms with Gasteiger partial charge >= 0.3 is 0 Å². The summed E-state index contributed by atoms with van der Waals surface area (Å²) in [6.45, 7) is 9.85. The van der Waals surface area contributed by atoms with Crippen molar-refractivity contribution in [3.63, 3.8) is 0 Å². The highest BCUT2D eigenvalue weighted by Gasteiger charge is 2.60. The molecule has 7 heteroatoms. The lowest BCUT2D eigenvalue weighted by Crippen LogP contribution is -2.56. The molecule has 0 aliphatic carbocycles. The fraction of sp³-hybridized carbons (Fsp3) is 0.292. The van der Waals surface area contributed by atoms with E-state index in [0.29, 0.717) is 21.8 Å². The maximum absolute atomic E-state index is 13.6. The minimum Gasteiger partial charge on any atom is -0.350 e. The summed E-state index contributed by atoms with van der Waals surface area (Å²) in [6.07, 6.45) is 1.63. The Labute approximate surface area is 185 Å². The van der Waals surface area contributed by atoms with Gasteiger partial charge in [0.2, 0.25) is 5.91 Å². The van der Waals surface area contributed by atoms with Gasteiger partial charge in [0.05, 0.1) is 11.1 Å². The van der Waals surface area contributed by atoms with Crippen LogP contribution >= 0.6 is 11.6 Å². The third kappa shape index (κ3) is 3.55. The lowest BCUT2D eigenvalue weighted by molar-refractivity contribution is -0.136. The van der Waals surface area contributed by atoms with Crippen molar-refractivity contribution >= 4 is 35.3 Å². The molecule has 2 unspecified atom stereocenters. The first-order chi connectivity index (χ1) is 14.5. The number of carbonyl (C=O) groups excluding carboxylic acids is 2. The normalized spacial score (nSPS) is 22.4. The van der Waals surface area contributed by atoms with Crippen molar-refractivity contribution in [3.8, 4) is 0 Å². The summed E-state index contributed by atoms with van der Waals surface area (Å²) in [5.41, 5.74) is 0.690. The van der Waals surface area contributed by atoms with Crippen LogP contribution in [0.5, 0.6) is 0 Å². The Bertz CT molecular complexity index is 1120. The number of aliphatic imine (C=N–C) groups is 1. The molecule has 1 spiro atoms. The number of rotatable bonds is 3. The standard InChI is InChI=1S/C24H23ClFN3O2/c1-14-22(31)29(12-15-5-8-17(26)9-6-15)20(21(30)28-23(2,3)4)24(14)13-27-19-11-16(25)7-10-18(19)24/h5-11,13,20H,1,12H2,2-4H3,(H,28,30). The van der Waals surface area contributed by atoms with E-state index in [-0.39, 0.29) is 29.7 Å². The summed E-state index contributed by atoms with van der Waals surface area (Å²) in [7, 11) is 0. The van der Waals surface area contributed by atoms with Crippen LogP contribution in [0, 0.1) is 5.82 Å². The molecule has 0 saturated carbocycles. The molecule has 31 heavy (non-hydrogen) atoms. The van der Waals surface area contributed by atoms with Crippen LogP contribution < -0.4 is 5.32 Å². The van der Waals surface area contributed by atoms with Crippen molar-refractivity contribution in [1.29, 1.82) is 0 Å². The van der Waals surface area contributed by atoms with E-state index >= 15 is 0 Å². The third-order valence-corrected chi connectivity index (χ3v) is 5.82. The highest BCUT2D eigenvalue weighted by Crippen LogP contribution is 2.50. The molecule has 2 aliphatic heterocycles. The third-order valence-electron chi connectivity index (χ3n) is 5.59. The number of hydrogen-bond acceptors (Lipinski definition) is 3. The topological polar surface area (TPSA) is 61.8 Å². The Morgan fingerprint density at radius 2 is 1.94 bits per heavy atom. The number of likely N-dealkylation sites (tertiary alicyclic amines) is 1. The van der Waals surface area contributed by atoms with E-state index in [1.54, 1.807) is 36.5 Å². The number of nitrogens with zero attached hydrogens (tertiary/aromatic N) is 2. The van der Waals surface area contributed by atoms with Crippen molar-refractivity contribution < 1.29 is 14.0 Å². The molecule has 5 nitrogen and oxygen atoms in total. The van der Waals surface area contributed by atoms with Gasteiger partial charge in [-0.2, -0.15) is 0 Å². The van der Waals surface area contributed by atoms with Crippen LogP contribution in [0.15, 0.2) is 59.6 Å². The number of carbonyl (C=O) groups is 2. The summed E-state index contributed by atoms with van der Waals surface area (Å²) in [6, 6.07) is 10.2. The van der Waals surface area contributed by atoms with Crippen molar-refractivity contribution in [2.45, 2.75) is 44.3 Å². The van der Waals surface area contributed by atoms with Crippen LogP contribution in [0.4, 0.5) is 10.1 Å². The van der Waals surface area contributed by atoms with Gasteiger partial charge in [-0.1, -0.05) is 36.4 Å². The summed E-state index contributed by atoms with van der Waals surface area (Å²) in [5.74, 6) is -1.02. The highest BCUT2D eigenvalue weighted by atomic mass is 35.5. The minimum atomic E-state index is -1.10. The van der Waals surface area contributed by atoms with Gasteiger partial charge < -0.3 is 10.2 Å². The summed E-state index contributed by atoms with van der Waals surface area (Å²) >= 11 is 6.13. The lowest BCUT2D eigenvalue weighted by atomic mass is 9.72. The molecule has 0 bridgehead atoms.